The van der Waals surface area contributed by atoms with E-state index in [1.54, 1.807) is 0 Å². The van der Waals surface area contributed by atoms with Crippen molar-refractivity contribution in [1.29, 1.82) is 0 Å². The molecular formula is C15H12BF9N6. The van der Waals surface area contributed by atoms with Crippen LogP contribution in [0.5, 0.6) is 0 Å². The molecule has 3 heterocycles. The van der Waals surface area contributed by atoms with Gasteiger partial charge >= 0.3 is 25.6 Å². The molecule has 0 N–H and O–H groups in total. The maximum atomic E-state index is 13.6. The molecule has 0 radical (unpaired) electrons. The SMILES string of the molecule is Cc1cc(C(F)(F)F)n(B(n2nc(C(F)(F)F)cc2C)n2nc(C)cc2C(F)(F)F)n1. The Labute approximate surface area is 168 Å². The van der Waals surface area contributed by atoms with Gasteiger partial charge in [0.15, 0.2) is 5.69 Å². The third-order valence-corrected chi connectivity index (χ3v) is 4.17. The van der Waals surface area contributed by atoms with Crippen molar-refractivity contribution in [2.75, 3.05) is 0 Å². The van der Waals surface area contributed by atoms with Gasteiger partial charge in [0.1, 0.15) is 11.4 Å². The number of rotatable bonds is 3. The van der Waals surface area contributed by atoms with Crippen molar-refractivity contribution in [3.63, 3.8) is 0 Å². The van der Waals surface area contributed by atoms with E-state index in [1.807, 2.05) is 0 Å². The highest BCUT2D eigenvalue weighted by Gasteiger charge is 2.47. The molecule has 0 aliphatic heterocycles. The standard InChI is InChI=1S/C15H12BF9N6/c1-7-4-11(14(20,21)22)30(26-7)16(29-9(3)6-10(28-29)13(17,18)19)31-12(15(23,24)25)5-8(2)27-31/h4-6H,1-3H3. The highest BCUT2D eigenvalue weighted by Crippen LogP contribution is 2.34. The van der Waals surface area contributed by atoms with Crippen LogP contribution in [0.15, 0.2) is 18.2 Å². The van der Waals surface area contributed by atoms with Gasteiger partial charge in [0.25, 0.3) is 0 Å². The predicted octanol–water partition coefficient (Wildman–Crippen LogP) is 4.19. The van der Waals surface area contributed by atoms with Gasteiger partial charge in [0.2, 0.25) is 0 Å². The largest absolute Gasteiger partial charge is 0.570 e. The van der Waals surface area contributed by atoms with Gasteiger partial charge in [-0.3, -0.25) is 13.8 Å². The molecule has 0 atom stereocenters. The Hall–Kier alpha value is -2.94. The molecule has 0 unspecified atom stereocenters. The summed E-state index contributed by atoms with van der Waals surface area (Å²) in [7, 11) is -2.26. The summed E-state index contributed by atoms with van der Waals surface area (Å²) >= 11 is 0. The fourth-order valence-corrected chi connectivity index (χ4v) is 2.98. The lowest BCUT2D eigenvalue weighted by atomic mass is 9.92. The number of aryl methyl sites for hydroxylation is 3. The quantitative estimate of drug-likeness (QED) is 0.437. The monoisotopic (exact) mass is 458 g/mol. The number of aromatic nitrogens is 6. The van der Waals surface area contributed by atoms with E-state index in [9.17, 15) is 39.5 Å². The molecular weight excluding hydrogens is 446 g/mol. The van der Waals surface area contributed by atoms with E-state index in [0.29, 0.717) is 22.8 Å². The lowest BCUT2D eigenvalue weighted by molar-refractivity contribution is -0.143. The first-order valence-electron chi connectivity index (χ1n) is 8.40. The van der Waals surface area contributed by atoms with Crippen molar-refractivity contribution in [2.24, 2.45) is 0 Å². The number of nitrogens with zero attached hydrogens (tertiary/aromatic N) is 6. The third kappa shape index (κ3) is 4.28. The van der Waals surface area contributed by atoms with Crippen LogP contribution in [-0.4, -0.2) is 36.2 Å². The molecule has 0 fully saturated rings. The molecule has 0 bridgehead atoms. The zero-order chi connectivity index (χ0) is 23.5. The molecule has 0 aromatic carbocycles. The fourth-order valence-electron chi connectivity index (χ4n) is 2.98. The predicted molar refractivity (Wildman–Crippen MR) is 87.8 cm³/mol. The van der Waals surface area contributed by atoms with E-state index in [0.717, 1.165) is 20.8 Å². The molecule has 0 saturated carbocycles. The van der Waals surface area contributed by atoms with E-state index >= 15 is 0 Å². The molecule has 31 heavy (non-hydrogen) atoms. The van der Waals surface area contributed by atoms with Crippen LogP contribution in [-0.2, 0) is 18.5 Å². The normalized spacial score (nSPS) is 13.2. The zero-order valence-electron chi connectivity index (χ0n) is 15.9. The van der Waals surface area contributed by atoms with Crippen molar-refractivity contribution in [1.82, 2.24) is 29.1 Å². The second-order valence-corrected chi connectivity index (χ2v) is 6.69. The van der Waals surface area contributed by atoms with Crippen LogP contribution in [0.1, 0.15) is 34.2 Å². The lowest BCUT2D eigenvalue weighted by Crippen LogP contribution is -2.48. The molecule has 6 nitrogen and oxygen atoms in total. The minimum atomic E-state index is -5.08. The number of halogens is 9. The maximum Gasteiger partial charge on any atom is 0.570 e. The average molecular weight is 458 g/mol. The van der Waals surface area contributed by atoms with E-state index in [-0.39, 0.29) is 26.3 Å². The van der Waals surface area contributed by atoms with E-state index in [1.165, 1.54) is 0 Å². The summed E-state index contributed by atoms with van der Waals surface area (Å²) in [5.41, 5.74) is -5.28. The molecule has 3 rings (SSSR count). The first kappa shape index (κ1) is 22.7. The molecule has 0 amide bonds. The van der Waals surface area contributed by atoms with Gasteiger partial charge in [0, 0.05) is 5.69 Å². The van der Waals surface area contributed by atoms with Crippen LogP contribution in [0.2, 0.25) is 0 Å². The van der Waals surface area contributed by atoms with Crippen LogP contribution in [0.4, 0.5) is 39.5 Å². The minimum absolute atomic E-state index is 0.122. The van der Waals surface area contributed by atoms with Crippen LogP contribution >= 0.6 is 0 Å². The minimum Gasteiger partial charge on any atom is -0.265 e. The lowest BCUT2D eigenvalue weighted by Gasteiger charge is -2.21. The molecule has 3 aromatic heterocycles. The highest BCUT2D eigenvalue weighted by molar-refractivity contribution is 6.53. The Morgan fingerprint density at radius 2 is 1.03 bits per heavy atom. The second-order valence-electron chi connectivity index (χ2n) is 6.69. The zero-order valence-corrected chi connectivity index (χ0v) is 15.9. The number of hydrogen-bond donors (Lipinski definition) is 0. The van der Waals surface area contributed by atoms with Crippen molar-refractivity contribution < 1.29 is 39.5 Å². The Kier molecular flexibility index (Phi) is 5.17. The molecule has 16 heteroatoms. The van der Waals surface area contributed by atoms with Gasteiger partial charge < -0.3 is 0 Å². The summed E-state index contributed by atoms with van der Waals surface area (Å²) in [6.07, 6.45) is -15.1. The summed E-state index contributed by atoms with van der Waals surface area (Å²) in [6.45, 7) is 3.36. The van der Waals surface area contributed by atoms with Gasteiger partial charge in [-0.2, -0.15) is 54.8 Å². The van der Waals surface area contributed by atoms with Gasteiger partial charge in [-0.15, -0.1) is 0 Å². The van der Waals surface area contributed by atoms with Gasteiger partial charge in [-0.1, -0.05) is 0 Å². The van der Waals surface area contributed by atoms with Crippen LogP contribution in [0.3, 0.4) is 0 Å². The molecule has 0 saturated heterocycles. The molecule has 0 aliphatic rings. The Morgan fingerprint density at radius 1 is 0.613 bits per heavy atom. The third-order valence-electron chi connectivity index (χ3n) is 4.17. The topological polar surface area (TPSA) is 53.5 Å². The van der Waals surface area contributed by atoms with Crippen LogP contribution in [0.25, 0.3) is 0 Å². The van der Waals surface area contributed by atoms with E-state index in [2.05, 4.69) is 15.3 Å². The second kappa shape index (κ2) is 7.05. The maximum absolute atomic E-state index is 13.6. The van der Waals surface area contributed by atoms with Crippen molar-refractivity contribution in [3.05, 3.63) is 52.4 Å². The summed E-state index contributed by atoms with van der Waals surface area (Å²) in [4.78, 5) is 0. The van der Waals surface area contributed by atoms with Gasteiger partial charge in [0.05, 0.1) is 11.4 Å². The smallest absolute Gasteiger partial charge is 0.265 e. The number of alkyl halides is 9. The fraction of sp³-hybridized carbons (Fsp3) is 0.400. The molecule has 3 aromatic rings. The van der Waals surface area contributed by atoms with Gasteiger partial charge in [-0.05, 0) is 39.0 Å². The Morgan fingerprint density at radius 3 is 1.35 bits per heavy atom. The summed E-state index contributed by atoms with van der Waals surface area (Å²) in [6, 6.07) is 1.61. The average Bonchev–Trinajstić information content (AvgIpc) is 3.25. The number of hydrogen-bond acceptors (Lipinski definition) is 3. The first-order valence-corrected chi connectivity index (χ1v) is 8.40. The van der Waals surface area contributed by atoms with E-state index < -0.39 is 42.7 Å². The summed E-state index contributed by atoms with van der Waals surface area (Å²) in [5, 5.41) is 10.4. The molecule has 0 aliphatic carbocycles. The summed E-state index contributed by atoms with van der Waals surface area (Å²) < 4.78 is 121. The molecule has 0 spiro atoms. The van der Waals surface area contributed by atoms with Crippen molar-refractivity contribution >= 4 is 7.12 Å². The van der Waals surface area contributed by atoms with Crippen LogP contribution < -0.4 is 0 Å². The summed E-state index contributed by atoms with van der Waals surface area (Å²) in [5.74, 6) is 0. The van der Waals surface area contributed by atoms with E-state index in [4.69, 9.17) is 0 Å². The van der Waals surface area contributed by atoms with Crippen LogP contribution in [0, 0.1) is 20.8 Å². The van der Waals surface area contributed by atoms with Crippen molar-refractivity contribution in [3.8, 4) is 0 Å². The Bertz CT molecular complexity index is 1040. The molecule has 168 valence electrons. The Balaban J connectivity index is 2.38. The highest BCUT2D eigenvalue weighted by atomic mass is 19.4. The first-order chi connectivity index (χ1) is 14.0. The van der Waals surface area contributed by atoms with Crippen molar-refractivity contribution in [2.45, 2.75) is 39.3 Å². The van der Waals surface area contributed by atoms with Gasteiger partial charge in [-0.25, -0.2) is 0 Å².